The largest absolute Gasteiger partial charge is 0.416 e. The Morgan fingerprint density at radius 3 is 1.47 bits per heavy atom. The number of rotatable bonds is 7. The minimum absolute atomic E-state index is 0.0364. The molecule has 0 bridgehead atoms. The lowest BCUT2D eigenvalue weighted by Gasteiger charge is -2.40. The second-order valence-electron chi connectivity index (χ2n) is 11.2. The molecule has 11 heteroatoms. The molecular formula is C34H27F9O2. The van der Waals surface area contributed by atoms with Gasteiger partial charge in [0.2, 0.25) is 0 Å². The van der Waals surface area contributed by atoms with Gasteiger partial charge in [-0.2, -0.15) is 26.3 Å². The van der Waals surface area contributed by atoms with Gasteiger partial charge in [0, 0.05) is 11.8 Å². The first kappa shape index (κ1) is 32.6. The third-order valence-corrected chi connectivity index (χ3v) is 8.41. The van der Waals surface area contributed by atoms with Gasteiger partial charge in [0.25, 0.3) is 0 Å². The second kappa shape index (κ2) is 12.2. The van der Waals surface area contributed by atoms with Gasteiger partial charge >= 0.3 is 12.4 Å². The molecule has 1 aliphatic rings. The number of alkyl halides is 6. The van der Waals surface area contributed by atoms with Gasteiger partial charge in [-0.3, -0.25) is 0 Å². The van der Waals surface area contributed by atoms with E-state index in [4.69, 9.17) is 4.74 Å². The molecular weight excluding hydrogens is 611 g/mol. The van der Waals surface area contributed by atoms with E-state index in [9.17, 15) is 44.6 Å². The van der Waals surface area contributed by atoms with Gasteiger partial charge in [0.1, 0.15) is 23.1 Å². The molecule has 4 atom stereocenters. The van der Waals surface area contributed by atoms with Crippen molar-refractivity contribution in [3.63, 3.8) is 0 Å². The highest BCUT2D eigenvalue weighted by atomic mass is 19.4. The van der Waals surface area contributed by atoms with Crippen LogP contribution in [0.15, 0.2) is 91.0 Å². The maximum Gasteiger partial charge on any atom is 0.416 e. The van der Waals surface area contributed by atoms with E-state index in [1.54, 1.807) is 0 Å². The predicted molar refractivity (Wildman–Crippen MR) is 147 cm³/mol. The molecule has 4 aromatic rings. The number of benzene rings is 4. The summed E-state index contributed by atoms with van der Waals surface area (Å²) in [5.74, 6) is -3.27. The van der Waals surface area contributed by atoms with Crippen LogP contribution in [0.4, 0.5) is 39.5 Å². The summed E-state index contributed by atoms with van der Waals surface area (Å²) in [6, 6.07) is 16.6. The molecule has 1 N–H and O–H groups in total. The second-order valence-corrected chi connectivity index (χ2v) is 11.2. The van der Waals surface area contributed by atoms with Crippen molar-refractivity contribution in [1.82, 2.24) is 0 Å². The van der Waals surface area contributed by atoms with Crippen molar-refractivity contribution in [2.24, 2.45) is 5.92 Å². The smallest absolute Gasteiger partial charge is 0.380 e. The first-order valence-electron chi connectivity index (χ1n) is 14.0. The van der Waals surface area contributed by atoms with Crippen LogP contribution in [0.5, 0.6) is 0 Å². The van der Waals surface area contributed by atoms with Crippen LogP contribution in [0, 0.1) is 23.4 Å². The van der Waals surface area contributed by atoms with E-state index in [1.807, 2.05) is 0 Å². The normalized spacial score (nSPS) is 19.9. The molecule has 2 nitrogen and oxygen atoms in total. The van der Waals surface area contributed by atoms with Gasteiger partial charge in [0.15, 0.2) is 0 Å². The summed E-state index contributed by atoms with van der Waals surface area (Å²) in [5, 5.41) is 12.5. The summed E-state index contributed by atoms with van der Waals surface area (Å²) in [7, 11) is 0. The lowest BCUT2D eigenvalue weighted by molar-refractivity contribution is -0.143. The monoisotopic (exact) mass is 638 g/mol. The lowest BCUT2D eigenvalue weighted by Crippen LogP contribution is -2.39. The molecule has 1 aliphatic carbocycles. The summed E-state index contributed by atoms with van der Waals surface area (Å²) in [4.78, 5) is 0. The van der Waals surface area contributed by atoms with Crippen LogP contribution < -0.4 is 0 Å². The highest BCUT2D eigenvalue weighted by Gasteiger charge is 2.51. The van der Waals surface area contributed by atoms with E-state index < -0.39 is 70.6 Å². The summed E-state index contributed by atoms with van der Waals surface area (Å²) in [6.07, 6.45) is -11.8. The number of aliphatic hydroxyl groups is 1. The summed E-state index contributed by atoms with van der Waals surface area (Å²) >= 11 is 0. The van der Waals surface area contributed by atoms with Crippen molar-refractivity contribution < 1.29 is 49.4 Å². The molecule has 0 radical (unpaired) electrons. The van der Waals surface area contributed by atoms with E-state index >= 15 is 0 Å². The Bertz CT molecular complexity index is 1530. The SMILES string of the molecule is C[C@H](O[C@H]1CCC(C(O)(c2ccc(F)cc2)c2ccc(F)cc2)[C@@H]1c1ccc(F)cc1)c1cc(C(F)(F)F)cc(C(F)(F)F)c1. The van der Waals surface area contributed by atoms with Crippen LogP contribution in [0.25, 0.3) is 0 Å². The standard InChI is InChI=1S/C34H27F9O2/c1-19(21-16-24(33(38,39)40)18-25(17-21)34(41,42)43)45-30-15-14-29(31(30)20-2-8-26(35)9-3-20)32(44,22-4-10-27(36)11-5-22)23-6-12-28(37)13-7-23/h2-13,16-19,29-31,44H,14-15H2,1H3/t19-,29?,30-,31-/m0/s1. The van der Waals surface area contributed by atoms with Gasteiger partial charge in [-0.1, -0.05) is 36.4 Å². The molecule has 0 spiro atoms. The molecule has 5 rings (SSSR count). The Morgan fingerprint density at radius 1 is 0.622 bits per heavy atom. The van der Waals surface area contributed by atoms with Crippen LogP contribution in [0.3, 0.4) is 0 Å². The van der Waals surface area contributed by atoms with Gasteiger partial charge in [-0.25, -0.2) is 13.2 Å². The molecule has 1 fully saturated rings. The van der Waals surface area contributed by atoms with E-state index in [1.165, 1.54) is 55.5 Å². The predicted octanol–water partition coefficient (Wildman–Crippen LogP) is 9.72. The summed E-state index contributed by atoms with van der Waals surface area (Å²) in [5.41, 5.74) is -4.21. The maximum atomic E-state index is 14.0. The van der Waals surface area contributed by atoms with Crippen molar-refractivity contribution in [2.75, 3.05) is 0 Å². The molecule has 0 saturated heterocycles. The molecule has 4 aromatic carbocycles. The molecule has 0 aromatic heterocycles. The minimum Gasteiger partial charge on any atom is -0.380 e. The fourth-order valence-corrected chi connectivity index (χ4v) is 6.27. The van der Waals surface area contributed by atoms with E-state index in [2.05, 4.69) is 0 Å². The fraction of sp³-hybridized carbons (Fsp3) is 0.294. The Labute approximate surface area is 253 Å². The molecule has 1 saturated carbocycles. The van der Waals surface area contributed by atoms with Crippen LogP contribution in [0.1, 0.15) is 65.2 Å². The summed E-state index contributed by atoms with van der Waals surface area (Å²) in [6.45, 7) is 1.33. The number of ether oxygens (including phenoxy) is 1. The lowest BCUT2D eigenvalue weighted by atomic mass is 9.69. The molecule has 238 valence electrons. The number of hydrogen-bond donors (Lipinski definition) is 1. The van der Waals surface area contributed by atoms with Gasteiger partial charge in [0.05, 0.1) is 23.3 Å². The third-order valence-electron chi connectivity index (χ3n) is 8.41. The Balaban J connectivity index is 1.59. The highest BCUT2D eigenvalue weighted by molar-refractivity contribution is 5.41. The number of hydrogen-bond acceptors (Lipinski definition) is 2. The van der Waals surface area contributed by atoms with Crippen LogP contribution in [-0.2, 0) is 22.7 Å². The Morgan fingerprint density at radius 2 is 1.04 bits per heavy atom. The van der Waals surface area contributed by atoms with E-state index in [0.717, 1.165) is 24.3 Å². The molecule has 1 unspecified atom stereocenters. The average molecular weight is 639 g/mol. The van der Waals surface area contributed by atoms with Crippen LogP contribution >= 0.6 is 0 Å². The highest BCUT2D eigenvalue weighted by Crippen LogP contribution is 2.54. The summed E-state index contributed by atoms with van der Waals surface area (Å²) < 4.78 is 129. The van der Waals surface area contributed by atoms with Gasteiger partial charge in [-0.05, 0) is 96.6 Å². The minimum atomic E-state index is -5.05. The quantitative estimate of drug-likeness (QED) is 0.204. The molecule has 0 amide bonds. The van der Waals surface area contributed by atoms with Crippen molar-refractivity contribution >= 4 is 0 Å². The Kier molecular flexibility index (Phi) is 8.80. The van der Waals surface area contributed by atoms with Crippen molar-refractivity contribution in [3.05, 3.63) is 142 Å². The molecule has 0 aliphatic heterocycles. The third kappa shape index (κ3) is 6.74. The van der Waals surface area contributed by atoms with Crippen LogP contribution in [0.2, 0.25) is 0 Å². The zero-order valence-electron chi connectivity index (χ0n) is 23.6. The van der Waals surface area contributed by atoms with Gasteiger partial charge in [-0.15, -0.1) is 0 Å². The van der Waals surface area contributed by atoms with Crippen molar-refractivity contribution in [3.8, 4) is 0 Å². The van der Waals surface area contributed by atoms with Crippen LogP contribution in [-0.4, -0.2) is 11.2 Å². The first-order valence-corrected chi connectivity index (χ1v) is 14.0. The van der Waals surface area contributed by atoms with E-state index in [0.29, 0.717) is 17.7 Å². The zero-order chi connectivity index (χ0) is 32.7. The maximum absolute atomic E-state index is 14.0. The molecule has 45 heavy (non-hydrogen) atoms. The van der Waals surface area contributed by atoms with Crippen molar-refractivity contribution in [1.29, 1.82) is 0 Å². The Hall–Kier alpha value is -3.83. The van der Waals surface area contributed by atoms with Gasteiger partial charge < -0.3 is 9.84 Å². The molecule has 0 heterocycles. The first-order chi connectivity index (χ1) is 21.1. The van der Waals surface area contributed by atoms with E-state index in [-0.39, 0.29) is 35.6 Å². The topological polar surface area (TPSA) is 29.5 Å². The fourth-order valence-electron chi connectivity index (χ4n) is 6.27. The van der Waals surface area contributed by atoms with Crippen molar-refractivity contribution in [2.45, 2.75) is 55.8 Å². The zero-order valence-corrected chi connectivity index (χ0v) is 23.6. The average Bonchev–Trinajstić information content (AvgIpc) is 3.40. The number of halogens is 9.